The van der Waals surface area contributed by atoms with Gasteiger partial charge in [-0.15, -0.1) is 0 Å². The number of ether oxygens (including phenoxy) is 2. The van der Waals surface area contributed by atoms with Gasteiger partial charge in [-0.2, -0.15) is 18.3 Å². The van der Waals surface area contributed by atoms with Crippen molar-refractivity contribution in [2.45, 2.75) is 38.3 Å². The molecule has 0 N–H and O–H groups in total. The van der Waals surface area contributed by atoms with E-state index in [-0.39, 0.29) is 12.5 Å². The molecule has 110 valence electrons. The number of aromatic nitrogens is 2. The molecule has 1 aromatic rings. The molecule has 9 heteroatoms. The van der Waals surface area contributed by atoms with E-state index in [1.807, 2.05) is 0 Å². The number of carbonyl (C=O) groups is 2. The van der Waals surface area contributed by atoms with E-state index >= 15 is 0 Å². The normalized spacial score (nSPS) is 22.7. The van der Waals surface area contributed by atoms with E-state index in [1.165, 1.54) is 0 Å². The molecule has 1 aromatic heterocycles. The summed E-state index contributed by atoms with van der Waals surface area (Å²) in [5, 5.41) is 3.20. The van der Waals surface area contributed by atoms with Gasteiger partial charge in [0, 0.05) is 12.6 Å². The van der Waals surface area contributed by atoms with Gasteiger partial charge >= 0.3 is 18.1 Å². The summed E-state index contributed by atoms with van der Waals surface area (Å²) in [6, 6.07) is 0.749. The van der Waals surface area contributed by atoms with Crippen LogP contribution in [0, 0.1) is 0 Å². The summed E-state index contributed by atoms with van der Waals surface area (Å²) >= 11 is 0. The Bertz CT molecular complexity index is 526. The van der Waals surface area contributed by atoms with E-state index in [1.54, 1.807) is 6.92 Å². The maximum Gasteiger partial charge on any atom is 0.435 e. The number of rotatable bonds is 3. The van der Waals surface area contributed by atoms with Gasteiger partial charge in [0.25, 0.3) is 0 Å². The Morgan fingerprint density at radius 3 is 2.80 bits per heavy atom. The third-order valence-corrected chi connectivity index (χ3v) is 2.62. The molecular formula is C11H11F3N2O4. The van der Waals surface area contributed by atoms with Crippen molar-refractivity contribution in [3.8, 4) is 0 Å². The average molecular weight is 292 g/mol. The second-order valence-electron chi connectivity index (χ2n) is 4.36. The SMILES string of the molecule is C[C@H]1C[C@@H](OC(=O)Cn2ccc(C(F)(F)F)n2)C(=O)O1. The predicted molar refractivity (Wildman–Crippen MR) is 57.3 cm³/mol. The number of nitrogens with zero attached hydrogens (tertiary/aromatic N) is 2. The number of esters is 2. The molecule has 20 heavy (non-hydrogen) atoms. The molecule has 6 nitrogen and oxygen atoms in total. The van der Waals surface area contributed by atoms with Crippen LogP contribution in [0.1, 0.15) is 19.0 Å². The number of hydrogen-bond donors (Lipinski definition) is 0. The maximum absolute atomic E-state index is 12.3. The molecular weight excluding hydrogens is 281 g/mol. The number of alkyl halides is 3. The van der Waals surface area contributed by atoms with Crippen LogP contribution in [0.15, 0.2) is 12.3 Å². The van der Waals surface area contributed by atoms with Gasteiger partial charge in [0.2, 0.25) is 6.10 Å². The molecule has 0 bridgehead atoms. The first-order valence-corrected chi connectivity index (χ1v) is 5.76. The highest BCUT2D eigenvalue weighted by molar-refractivity contribution is 5.80. The molecule has 0 spiro atoms. The maximum atomic E-state index is 12.3. The van der Waals surface area contributed by atoms with Gasteiger partial charge < -0.3 is 9.47 Å². The van der Waals surface area contributed by atoms with Crippen LogP contribution in [-0.2, 0) is 31.8 Å². The molecule has 0 radical (unpaired) electrons. The lowest BCUT2D eigenvalue weighted by Gasteiger charge is -2.08. The van der Waals surface area contributed by atoms with Crippen molar-refractivity contribution in [1.29, 1.82) is 0 Å². The number of cyclic esters (lactones) is 1. The largest absolute Gasteiger partial charge is 0.460 e. The van der Waals surface area contributed by atoms with Crippen LogP contribution in [0.3, 0.4) is 0 Å². The minimum atomic E-state index is -4.57. The fourth-order valence-corrected chi connectivity index (χ4v) is 1.75. The van der Waals surface area contributed by atoms with Gasteiger partial charge in [0.05, 0.1) is 0 Å². The molecule has 2 heterocycles. The highest BCUT2D eigenvalue weighted by Gasteiger charge is 2.36. The number of carbonyl (C=O) groups excluding carboxylic acids is 2. The van der Waals surface area contributed by atoms with Crippen molar-refractivity contribution in [3.05, 3.63) is 18.0 Å². The van der Waals surface area contributed by atoms with Gasteiger partial charge in [0.15, 0.2) is 5.69 Å². The van der Waals surface area contributed by atoms with Gasteiger partial charge in [-0.05, 0) is 13.0 Å². The smallest absolute Gasteiger partial charge is 0.435 e. The molecule has 0 aliphatic carbocycles. The molecule has 0 amide bonds. The number of halogens is 3. The van der Waals surface area contributed by atoms with Crippen molar-refractivity contribution < 1.29 is 32.2 Å². The summed E-state index contributed by atoms with van der Waals surface area (Å²) in [4.78, 5) is 22.7. The Hall–Kier alpha value is -2.06. The molecule has 1 aliphatic heterocycles. The lowest BCUT2D eigenvalue weighted by Crippen LogP contribution is -2.25. The van der Waals surface area contributed by atoms with Gasteiger partial charge in [-0.3, -0.25) is 9.48 Å². The third-order valence-electron chi connectivity index (χ3n) is 2.62. The quantitative estimate of drug-likeness (QED) is 0.782. The van der Waals surface area contributed by atoms with Gasteiger partial charge in [-0.1, -0.05) is 0 Å². The first-order valence-electron chi connectivity index (χ1n) is 5.76. The third kappa shape index (κ3) is 3.28. The van der Waals surface area contributed by atoms with Crippen LogP contribution >= 0.6 is 0 Å². The van der Waals surface area contributed by atoms with E-state index in [9.17, 15) is 22.8 Å². The zero-order valence-corrected chi connectivity index (χ0v) is 10.4. The van der Waals surface area contributed by atoms with E-state index in [2.05, 4.69) is 5.10 Å². The molecule has 0 unspecified atom stereocenters. The minimum absolute atomic E-state index is 0.234. The molecule has 2 atom stereocenters. The van der Waals surface area contributed by atoms with Crippen molar-refractivity contribution >= 4 is 11.9 Å². The molecule has 1 saturated heterocycles. The van der Waals surface area contributed by atoms with Crippen LogP contribution in [0.25, 0.3) is 0 Å². The highest BCUT2D eigenvalue weighted by atomic mass is 19.4. The molecule has 0 aromatic carbocycles. The van der Waals surface area contributed by atoms with Gasteiger partial charge in [0.1, 0.15) is 12.6 Å². The molecule has 1 aliphatic rings. The van der Waals surface area contributed by atoms with Gasteiger partial charge in [-0.25, -0.2) is 4.79 Å². The van der Waals surface area contributed by atoms with Crippen LogP contribution in [-0.4, -0.2) is 33.9 Å². The summed E-state index contributed by atoms with van der Waals surface area (Å²) in [6.07, 6.45) is -4.67. The molecule has 2 rings (SSSR count). The summed E-state index contributed by atoms with van der Waals surface area (Å²) in [6.45, 7) is 1.14. The Morgan fingerprint density at radius 1 is 1.60 bits per heavy atom. The van der Waals surface area contributed by atoms with Crippen molar-refractivity contribution in [2.24, 2.45) is 0 Å². The lowest BCUT2D eigenvalue weighted by atomic mass is 10.2. The van der Waals surface area contributed by atoms with Crippen LogP contribution in [0.2, 0.25) is 0 Å². The van der Waals surface area contributed by atoms with E-state index < -0.39 is 36.5 Å². The average Bonchev–Trinajstić information content (AvgIpc) is 2.86. The highest BCUT2D eigenvalue weighted by Crippen LogP contribution is 2.27. The van der Waals surface area contributed by atoms with E-state index in [0.717, 1.165) is 16.9 Å². The minimum Gasteiger partial charge on any atom is -0.460 e. The molecule has 1 fully saturated rings. The standard InChI is InChI=1S/C11H11F3N2O4/c1-6-4-7(10(18)19-6)20-9(17)5-16-3-2-8(15-16)11(12,13)14/h2-3,6-7H,4-5H2,1H3/t6-,7+/m0/s1. The van der Waals surface area contributed by atoms with Crippen LogP contribution < -0.4 is 0 Å². The van der Waals surface area contributed by atoms with E-state index in [0.29, 0.717) is 0 Å². The fourth-order valence-electron chi connectivity index (χ4n) is 1.75. The zero-order valence-electron chi connectivity index (χ0n) is 10.4. The monoisotopic (exact) mass is 292 g/mol. The zero-order chi connectivity index (χ0) is 14.9. The Morgan fingerprint density at radius 2 is 2.30 bits per heavy atom. The topological polar surface area (TPSA) is 70.4 Å². The van der Waals surface area contributed by atoms with E-state index in [4.69, 9.17) is 9.47 Å². The second-order valence-corrected chi connectivity index (χ2v) is 4.36. The first-order chi connectivity index (χ1) is 9.25. The van der Waals surface area contributed by atoms with Crippen molar-refractivity contribution in [2.75, 3.05) is 0 Å². The summed E-state index contributed by atoms with van der Waals surface area (Å²) in [7, 11) is 0. The second kappa shape index (κ2) is 5.14. The lowest BCUT2D eigenvalue weighted by molar-refractivity contribution is -0.161. The van der Waals surface area contributed by atoms with Crippen molar-refractivity contribution in [3.63, 3.8) is 0 Å². The Kier molecular flexibility index (Phi) is 3.69. The Balaban J connectivity index is 1.92. The predicted octanol–water partition coefficient (Wildman–Crippen LogP) is 1.15. The number of hydrogen-bond acceptors (Lipinski definition) is 5. The van der Waals surface area contributed by atoms with Crippen molar-refractivity contribution in [1.82, 2.24) is 9.78 Å². The summed E-state index contributed by atoms with van der Waals surface area (Å²) < 4.78 is 47.3. The van der Waals surface area contributed by atoms with Crippen LogP contribution in [0.5, 0.6) is 0 Å². The summed E-state index contributed by atoms with van der Waals surface area (Å²) in [5.74, 6) is -1.50. The Labute approximate surface area is 111 Å². The first kappa shape index (κ1) is 14.4. The fraction of sp³-hybridized carbons (Fsp3) is 0.545. The van der Waals surface area contributed by atoms with Crippen LogP contribution in [0.4, 0.5) is 13.2 Å². The summed E-state index contributed by atoms with van der Waals surface area (Å²) in [5.41, 5.74) is -1.10. The molecule has 0 saturated carbocycles.